The van der Waals surface area contributed by atoms with Crippen molar-refractivity contribution in [2.75, 3.05) is 28.4 Å². The number of hydrogen-bond acceptors (Lipinski definition) is 8. The number of hydrogen-bond donors (Lipinski definition) is 0. The number of carbonyl (C=O) groups excluding carboxylic acids is 4. The van der Waals surface area contributed by atoms with Crippen molar-refractivity contribution in [2.24, 2.45) is 22.2 Å². The van der Waals surface area contributed by atoms with E-state index >= 15 is 0 Å². The Bertz CT molecular complexity index is 597. The molecule has 0 aliphatic rings. The number of methoxy groups -OCH3 is 4. The highest BCUT2D eigenvalue weighted by atomic mass is 16.5. The quantitative estimate of drug-likeness (QED) is 0.405. The topological polar surface area (TPSA) is 105 Å². The van der Waals surface area contributed by atoms with Crippen molar-refractivity contribution >= 4 is 23.9 Å². The van der Waals surface area contributed by atoms with Crippen LogP contribution in [0.1, 0.15) is 53.9 Å². The second-order valence-corrected chi connectivity index (χ2v) is 8.46. The van der Waals surface area contributed by atoms with Crippen LogP contribution in [-0.2, 0) is 38.1 Å². The van der Waals surface area contributed by atoms with E-state index in [1.54, 1.807) is 34.6 Å². The Morgan fingerprint density at radius 1 is 0.679 bits per heavy atom. The Morgan fingerprint density at radius 2 is 1.11 bits per heavy atom. The zero-order valence-corrected chi connectivity index (χ0v) is 18.5. The average molecular weight is 402 g/mol. The molecule has 0 aliphatic heterocycles. The molecule has 0 aromatic rings. The molecule has 0 saturated heterocycles. The first-order chi connectivity index (χ1) is 12.7. The molecular weight excluding hydrogens is 368 g/mol. The Kier molecular flexibility index (Phi) is 9.14. The molecule has 0 aromatic carbocycles. The maximum Gasteiger partial charge on any atom is 0.311 e. The van der Waals surface area contributed by atoms with E-state index in [0.29, 0.717) is 0 Å². The lowest BCUT2D eigenvalue weighted by Crippen LogP contribution is -2.45. The van der Waals surface area contributed by atoms with Gasteiger partial charge in [-0.1, -0.05) is 6.92 Å². The van der Waals surface area contributed by atoms with Crippen LogP contribution in [0.4, 0.5) is 0 Å². The molecule has 0 radical (unpaired) electrons. The van der Waals surface area contributed by atoms with Crippen molar-refractivity contribution in [1.82, 2.24) is 0 Å². The zero-order valence-electron chi connectivity index (χ0n) is 18.5. The summed E-state index contributed by atoms with van der Waals surface area (Å²) in [5.74, 6) is -2.67. The highest BCUT2D eigenvalue weighted by molar-refractivity contribution is 5.83. The standard InChI is InChI=1S/C20H34O8/c1-13(14(21)25-6)10-19(4,16(23)27-8)12-20(5,17(24)28-9)11-18(2,3)15(22)26-7/h13H,10-12H2,1-9H3. The van der Waals surface area contributed by atoms with Gasteiger partial charge in [0.05, 0.1) is 50.6 Å². The highest BCUT2D eigenvalue weighted by Gasteiger charge is 2.50. The molecule has 0 spiro atoms. The van der Waals surface area contributed by atoms with Gasteiger partial charge in [-0.15, -0.1) is 0 Å². The minimum Gasteiger partial charge on any atom is -0.469 e. The minimum atomic E-state index is -1.20. The van der Waals surface area contributed by atoms with E-state index in [1.807, 2.05) is 0 Å². The first kappa shape index (κ1) is 25.9. The van der Waals surface area contributed by atoms with E-state index in [9.17, 15) is 19.2 Å². The molecule has 0 heterocycles. The molecule has 0 aromatic heterocycles. The van der Waals surface area contributed by atoms with E-state index < -0.39 is 46.0 Å². The van der Waals surface area contributed by atoms with Crippen molar-refractivity contribution in [1.29, 1.82) is 0 Å². The van der Waals surface area contributed by atoms with Crippen LogP contribution in [0.5, 0.6) is 0 Å². The zero-order chi connectivity index (χ0) is 22.3. The summed E-state index contributed by atoms with van der Waals surface area (Å²) in [5, 5.41) is 0. The maximum absolute atomic E-state index is 12.7. The first-order valence-electron chi connectivity index (χ1n) is 9.06. The van der Waals surface area contributed by atoms with Gasteiger partial charge < -0.3 is 18.9 Å². The Balaban J connectivity index is 6.05. The molecule has 28 heavy (non-hydrogen) atoms. The number of esters is 4. The molecule has 0 rings (SSSR count). The van der Waals surface area contributed by atoms with Gasteiger partial charge in [-0.25, -0.2) is 0 Å². The largest absolute Gasteiger partial charge is 0.469 e. The van der Waals surface area contributed by atoms with E-state index in [4.69, 9.17) is 18.9 Å². The summed E-state index contributed by atoms with van der Waals surface area (Å²) in [4.78, 5) is 49.3. The average Bonchev–Trinajstić information content (AvgIpc) is 2.63. The third-order valence-corrected chi connectivity index (χ3v) is 5.07. The fourth-order valence-corrected chi connectivity index (χ4v) is 4.07. The second kappa shape index (κ2) is 9.89. The molecule has 8 heteroatoms. The number of carbonyl (C=O) groups is 4. The van der Waals surface area contributed by atoms with Crippen LogP contribution in [0.3, 0.4) is 0 Å². The van der Waals surface area contributed by atoms with Crippen molar-refractivity contribution in [3.8, 4) is 0 Å². The van der Waals surface area contributed by atoms with Gasteiger partial charge in [0.15, 0.2) is 0 Å². The lowest BCUT2D eigenvalue weighted by Gasteiger charge is -2.40. The van der Waals surface area contributed by atoms with Crippen LogP contribution in [-0.4, -0.2) is 52.3 Å². The fourth-order valence-electron chi connectivity index (χ4n) is 4.07. The molecule has 3 atom stereocenters. The van der Waals surface area contributed by atoms with Gasteiger partial charge in [-0.05, 0) is 47.0 Å². The molecule has 0 aliphatic carbocycles. The summed E-state index contributed by atoms with van der Waals surface area (Å²) >= 11 is 0. The normalized spacial score (nSPS) is 16.8. The van der Waals surface area contributed by atoms with Gasteiger partial charge in [-0.2, -0.15) is 0 Å². The Morgan fingerprint density at radius 3 is 1.50 bits per heavy atom. The third-order valence-electron chi connectivity index (χ3n) is 5.07. The summed E-state index contributed by atoms with van der Waals surface area (Å²) in [5.41, 5.74) is -3.38. The molecule has 0 saturated carbocycles. The summed E-state index contributed by atoms with van der Waals surface area (Å²) in [6.45, 7) is 8.22. The van der Waals surface area contributed by atoms with Crippen molar-refractivity contribution in [3.05, 3.63) is 0 Å². The fraction of sp³-hybridized carbons (Fsp3) is 0.800. The molecule has 3 unspecified atom stereocenters. The first-order valence-corrected chi connectivity index (χ1v) is 9.06. The minimum absolute atomic E-state index is 0.0150. The van der Waals surface area contributed by atoms with Crippen LogP contribution in [0, 0.1) is 22.2 Å². The summed E-state index contributed by atoms with van der Waals surface area (Å²) in [6.07, 6.45) is 0.206. The Hall–Kier alpha value is -2.12. The van der Waals surface area contributed by atoms with Gasteiger partial charge in [0.25, 0.3) is 0 Å². The predicted octanol–water partition coefficient (Wildman–Crippen LogP) is 2.52. The highest BCUT2D eigenvalue weighted by Crippen LogP contribution is 2.46. The number of rotatable bonds is 10. The molecule has 0 amide bonds. The van der Waals surface area contributed by atoms with Gasteiger partial charge in [0.1, 0.15) is 0 Å². The van der Waals surface area contributed by atoms with E-state index in [0.717, 1.165) is 0 Å². The van der Waals surface area contributed by atoms with E-state index in [1.165, 1.54) is 28.4 Å². The van der Waals surface area contributed by atoms with Crippen LogP contribution in [0.25, 0.3) is 0 Å². The molecular formula is C20H34O8. The predicted molar refractivity (Wildman–Crippen MR) is 101 cm³/mol. The van der Waals surface area contributed by atoms with Gasteiger partial charge in [-0.3, -0.25) is 19.2 Å². The molecule has 162 valence electrons. The molecule has 0 fully saturated rings. The second-order valence-electron chi connectivity index (χ2n) is 8.46. The third kappa shape index (κ3) is 6.21. The van der Waals surface area contributed by atoms with Crippen LogP contribution in [0.2, 0.25) is 0 Å². The lowest BCUT2D eigenvalue weighted by atomic mass is 9.64. The number of ether oxygens (including phenoxy) is 4. The van der Waals surface area contributed by atoms with E-state index in [2.05, 4.69) is 0 Å². The van der Waals surface area contributed by atoms with Gasteiger partial charge in [0, 0.05) is 0 Å². The van der Waals surface area contributed by atoms with Crippen molar-refractivity contribution in [3.63, 3.8) is 0 Å². The maximum atomic E-state index is 12.7. The molecule has 0 N–H and O–H groups in total. The van der Waals surface area contributed by atoms with E-state index in [-0.39, 0.29) is 19.3 Å². The van der Waals surface area contributed by atoms with Gasteiger partial charge >= 0.3 is 23.9 Å². The lowest BCUT2D eigenvalue weighted by molar-refractivity contribution is -0.166. The summed E-state index contributed by atoms with van der Waals surface area (Å²) < 4.78 is 19.5. The summed E-state index contributed by atoms with van der Waals surface area (Å²) in [7, 11) is 5.04. The van der Waals surface area contributed by atoms with Crippen molar-refractivity contribution < 1.29 is 38.1 Å². The van der Waals surface area contributed by atoms with Crippen LogP contribution >= 0.6 is 0 Å². The Labute approximate surface area is 167 Å². The monoisotopic (exact) mass is 402 g/mol. The van der Waals surface area contributed by atoms with Crippen LogP contribution in [0.15, 0.2) is 0 Å². The smallest absolute Gasteiger partial charge is 0.311 e. The molecule has 0 bridgehead atoms. The van der Waals surface area contributed by atoms with Crippen molar-refractivity contribution in [2.45, 2.75) is 53.9 Å². The SMILES string of the molecule is COC(=O)C(C)CC(C)(CC(C)(CC(C)(C)C(=O)OC)C(=O)OC)C(=O)OC. The van der Waals surface area contributed by atoms with Gasteiger partial charge in [0.2, 0.25) is 0 Å². The molecule has 8 nitrogen and oxygen atoms in total. The summed E-state index contributed by atoms with van der Waals surface area (Å²) in [6, 6.07) is 0. The van der Waals surface area contributed by atoms with Crippen LogP contribution < -0.4 is 0 Å².